The zero-order valence-corrected chi connectivity index (χ0v) is 12.2. The number of halogens is 1. The Morgan fingerprint density at radius 1 is 1.29 bits per heavy atom. The molecule has 0 saturated carbocycles. The highest BCUT2D eigenvalue weighted by molar-refractivity contribution is 6.32. The van der Waals surface area contributed by atoms with E-state index in [0.29, 0.717) is 17.9 Å². The molecule has 0 aliphatic carbocycles. The number of benzene rings is 2. The van der Waals surface area contributed by atoms with Gasteiger partial charge in [-0.1, -0.05) is 41.9 Å². The number of carboxylic acid groups (broad SMARTS) is 1. The second kappa shape index (κ2) is 6.61. The number of aliphatic carboxylic acids is 1. The van der Waals surface area contributed by atoms with Crippen molar-refractivity contribution in [3.8, 4) is 5.75 Å². The Bertz CT molecular complexity index is 617. The van der Waals surface area contributed by atoms with E-state index < -0.39 is 12.1 Å². The fraction of sp³-hybridized carbons (Fsp3) is 0.188. The molecule has 0 spiro atoms. The van der Waals surface area contributed by atoms with E-state index in [1.165, 1.54) is 6.07 Å². The number of aliphatic hydroxyl groups is 1. The molecule has 0 fully saturated rings. The van der Waals surface area contributed by atoms with Crippen molar-refractivity contribution in [2.24, 2.45) is 0 Å². The summed E-state index contributed by atoms with van der Waals surface area (Å²) in [5.41, 5.74) is 1.91. The fourth-order valence-corrected chi connectivity index (χ4v) is 2.30. The van der Waals surface area contributed by atoms with Gasteiger partial charge in [0.2, 0.25) is 0 Å². The highest BCUT2D eigenvalue weighted by Gasteiger charge is 2.19. The maximum atomic E-state index is 10.8. The Morgan fingerprint density at radius 3 is 2.52 bits per heavy atom. The van der Waals surface area contributed by atoms with Crippen LogP contribution >= 0.6 is 11.6 Å². The number of aryl methyl sites for hydroxylation is 1. The van der Waals surface area contributed by atoms with Gasteiger partial charge in [-0.05, 0) is 35.7 Å². The van der Waals surface area contributed by atoms with Crippen LogP contribution in [0.4, 0.5) is 0 Å². The van der Waals surface area contributed by atoms with E-state index in [1.54, 1.807) is 13.0 Å². The van der Waals surface area contributed by atoms with Crippen molar-refractivity contribution in [3.63, 3.8) is 0 Å². The standard InChI is InChI=1S/C16H15ClO4/c1-10-7-12(14(18)16(19)20)8-13(17)15(10)21-9-11-5-3-2-4-6-11/h2-8,14,18H,9H2,1H3,(H,19,20). The van der Waals surface area contributed by atoms with Gasteiger partial charge < -0.3 is 14.9 Å². The molecule has 1 unspecified atom stereocenters. The third-order valence-electron chi connectivity index (χ3n) is 3.03. The van der Waals surface area contributed by atoms with Gasteiger partial charge in [0.05, 0.1) is 5.02 Å². The monoisotopic (exact) mass is 306 g/mol. The summed E-state index contributed by atoms with van der Waals surface area (Å²) in [5, 5.41) is 18.6. The highest BCUT2D eigenvalue weighted by Crippen LogP contribution is 2.32. The summed E-state index contributed by atoms with van der Waals surface area (Å²) in [6, 6.07) is 12.6. The summed E-state index contributed by atoms with van der Waals surface area (Å²) in [5.74, 6) is -0.828. The SMILES string of the molecule is Cc1cc(C(O)C(=O)O)cc(Cl)c1OCc1ccccc1. The van der Waals surface area contributed by atoms with Crippen LogP contribution in [0.1, 0.15) is 22.8 Å². The summed E-state index contributed by atoms with van der Waals surface area (Å²) in [7, 11) is 0. The summed E-state index contributed by atoms with van der Waals surface area (Å²) in [6.45, 7) is 2.12. The average Bonchev–Trinajstić information content (AvgIpc) is 2.46. The van der Waals surface area contributed by atoms with Gasteiger partial charge in [0.25, 0.3) is 0 Å². The fourth-order valence-electron chi connectivity index (χ4n) is 1.97. The molecule has 0 radical (unpaired) electrons. The van der Waals surface area contributed by atoms with Gasteiger partial charge in [-0.25, -0.2) is 4.79 Å². The zero-order valence-electron chi connectivity index (χ0n) is 11.4. The first-order chi connectivity index (χ1) is 9.99. The van der Waals surface area contributed by atoms with Crippen molar-refractivity contribution in [1.29, 1.82) is 0 Å². The Labute approximate surface area is 127 Å². The van der Waals surface area contributed by atoms with Gasteiger partial charge in [0.15, 0.2) is 6.10 Å². The number of aliphatic hydroxyl groups excluding tert-OH is 1. The van der Waals surface area contributed by atoms with Gasteiger partial charge in [-0.15, -0.1) is 0 Å². The Morgan fingerprint density at radius 2 is 1.95 bits per heavy atom. The molecule has 1 atom stereocenters. The molecule has 0 heterocycles. The molecule has 2 aromatic carbocycles. The van der Waals surface area contributed by atoms with E-state index in [2.05, 4.69) is 0 Å². The van der Waals surface area contributed by atoms with Crippen LogP contribution in [-0.4, -0.2) is 16.2 Å². The molecule has 21 heavy (non-hydrogen) atoms. The first-order valence-corrected chi connectivity index (χ1v) is 6.74. The number of hydrogen-bond donors (Lipinski definition) is 2. The minimum atomic E-state index is -1.59. The van der Waals surface area contributed by atoms with Crippen molar-refractivity contribution in [2.75, 3.05) is 0 Å². The molecular weight excluding hydrogens is 292 g/mol. The van der Waals surface area contributed by atoms with E-state index in [0.717, 1.165) is 5.56 Å². The molecule has 0 amide bonds. The van der Waals surface area contributed by atoms with Gasteiger partial charge >= 0.3 is 5.97 Å². The second-order valence-corrected chi connectivity index (χ2v) is 5.07. The van der Waals surface area contributed by atoms with Crippen LogP contribution in [0.15, 0.2) is 42.5 Å². The van der Waals surface area contributed by atoms with Crippen molar-refractivity contribution >= 4 is 17.6 Å². The van der Waals surface area contributed by atoms with Crippen molar-refractivity contribution < 1.29 is 19.7 Å². The first kappa shape index (κ1) is 15.4. The zero-order chi connectivity index (χ0) is 15.4. The number of hydrogen-bond acceptors (Lipinski definition) is 3. The number of carbonyl (C=O) groups is 1. The van der Waals surface area contributed by atoms with Crippen LogP contribution < -0.4 is 4.74 Å². The molecule has 0 aliphatic rings. The minimum Gasteiger partial charge on any atom is -0.487 e. The lowest BCUT2D eigenvalue weighted by molar-refractivity contribution is -0.146. The molecule has 5 heteroatoms. The molecule has 2 rings (SSSR count). The topological polar surface area (TPSA) is 66.8 Å². The van der Waals surface area contributed by atoms with Crippen LogP contribution in [0.25, 0.3) is 0 Å². The lowest BCUT2D eigenvalue weighted by atomic mass is 10.1. The van der Waals surface area contributed by atoms with Crippen molar-refractivity contribution in [2.45, 2.75) is 19.6 Å². The smallest absolute Gasteiger partial charge is 0.337 e. The molecule has 0 bridgehead atoms. The van der Waals surface area contributed by atoms with E-state index in [-0.39, 0.29) is 10.6 Å². The van der Waals surface area contributed by atoms with Crippen LogP contribution in [-0.2, 0) is 11.4 Å². The molecule has 0 aromatic heterocycles. The highest BCUT2D eigenvalue weighted by atomic mass is 35.5. The number of rotatable bonds is 5. The quantitative estimate of drug-likeness (QED) is 0.889. The van der Waals surface area contributed by atoms with Gasteiger partial charge in [0, 0.05) is 0 Å². The second-order valence-electron chi connectivity index (χ2n) is 4.66. The molecular formula is C16H15ClO4. The molecule has 0 aliphatic heterocycles. The number of carboxylic acids is 1. The maximum absolute atomic E-state index is 10.8. The summed E-state index contributed by atoms with van der Waals surface area (Å²) in [6.07, 6.45) is -1.59. The van der Waals surface area contributed by atoms with E-state index in [4.69, 9.17) is 21.4 Å². The molecule has 4 nitrogen and oxygen atoms in total. The normalized spacial score (nSPS) is 12.0. The van der Waals surface area contributed by atoms with E-state index in [9.17, 15) is 9.90 Å². The summed E-state index contributed by atoms with van der Waals surface area (Å²) in [4.78, 5) is 10.8. The largest absolute Gasteiger partial charge is 0.487 e. The van der Waals surface area contributed by atoms with Crippen LogP contribution in [0.3, 0.4) is 0 Å². The van der Waals surface area contributed by atoms with E-state index >= 15 is 0 Å². The van der Waals surface area contributed by atoms with Crippen molar-refractivity contribution in [1.82, 2.24) is 0 Å². The third-order valence-corrected chi connectivity index (χ3v) is 3.31. The lowest BCUT2D eigenvalue weighted by Gasteiger charge is -2.14. The van der Waals surface area contributed by atoms with E-state index in [1.807, 2.05) is 30.3 Å². The Balaban J connectivity index is 2.19. The maximum Gasteiger partial charge on any atom is 0.337 e. The predicted molar refractivity (Wildman–Crippen MR) is 79.6 cm³/mol. The molecule has 2 aromatic rings. The first-order valence-electron chi connectivity index (χ1n) is 6.36. The summed E-state index contributed by atoms with van der Waals surface area (Å²) >= 11 is 6.12. The predicted octanol–water partition coefficient (Wildman–Crippen LogP) is 3.35. The summed E-state index contributed by atoms with van der Waals surface area (Å²) < 4.78 is 5.69. The van der Waals surface area contributed by atoms with Crippen LogP contribution in [0.5, 0.6) is 5.75 Å². The lowest BCUT2D eigenvalue weighted by Crippen LogP contribution is -2.11. The minimum absolute atomic E-state index is 0.233. The third kappa shape index (κ3) is 3.74. The van der Waals surface area contributed by atoms with Crippen molar-refractivity contribution in [3.05, 3.63) is 64.2 Å². The van der Waals surface area contributed by atoms with Crippen LogP contribution in [0.2, 0.25) is 5.02 Å². The number of ether oxygens (including phenoxy) is 1. The van der Waals surface area contributed by atoms with Gasteiger partial charge in [0.1, 0.15) is 12.4 Å². The Kier molecular flexibility index (Phi) is 4.83. The van der Waals surface area contributed by atoms with Gasteiger partial charge in [-0.2, -0.15) is 0 Å². The molecule has 0 saturated heterocycles. The average molecular weight is 307 g/mol. The van der Waals surface area contributed by atoms with Gasteiger partial charge in [-0.3, -0.25) is 0 Å². The molecule has 2 N–H and O–H groups in total. The van der Waals surface area contributed by atoms with Crippen LogP contribution in [0, 0.1) is 6.92 Å². The molecule has 110 valence electrons. The Hall–Kier alpha value is -2.04.